The summed E-state index contributed by atoms with van der Waals surface area (Å²) in [6.07, 6.45) is 0.936. The first kappa shape index (κ1) is 11.5. The molecule has 2 heterocycles. The number of nitrogens with one attached hydrogen (secondary N) is 3. The molecule has 0 fully saturated rings. The monoisotopic (exact) mass is 234 g/mol. The van der Waals surface area contributed by atoms with Crippen molar-refractivity contribution in [2.45, 2.75) is 13.3 Å². The molecule has 6 heteroatoms. The number of anilines is 2. The Labute approximate surface area is 100 Å². The first-order valence-corrected chi connectivity index (χ1v) is 5.63. The molecule has 0 unspecified atom stereocenters. The second kappa shape index (κ2) is 4.90. The molecule has 6 nitrogen and oxygen atoms in total. The summed E-state index contributed by atoms with van der Waals surface area (Å²) in [5, 5.41) is 10.1. The minimum Gasteiger partial charge on any atom is -0.362 e. The molecule has 0 spiro atoms. The SMILES string of the molecule is Cc1ccc(CCNc2nc(N(C)C)n[nH]2)[nH]1. The summed E-state index contributed by atoms with van der Waals surface area (Å²) in [6, 6.07) is 4.18. The number of aromatic amines is 2. The Morgan fingerprint density at radius 1 is 1.35 bits per heavy atom. The minimum absolute atomic E-state index is 0.684. The van der Waals surface area contributed by atoms with E-state index in [1.54, 1.807) is 0 Å². The van der Waals surface area contributed by atoms with E-state index in [9.17, 15) is 0 Å². The molecule has 0 saturated heterocycles. The predicted molar refractivity (Wildman–Crippen MR) is 68.4 cm³/mol. The third-order valence-electron chi connectivity index (χ3n) is 2.45. The molecule has 0 aliphatic carbocycles. The van der Waals surface area contributed by atoms with Gasteiger partial charge in [-0.3, -0.25) is 0 Å². The fraction of sp³-hybridized carbons (Fsp3) is 0.455. The summed E-state index contributed by atoms with van der Waals surface area (Å²) in [7, 11) is 3.82. The van der Waals surface area contributed by atoms with Gasteiger partial charge in [-0.2, -0.15) is 4.98 Å². The number of aromatic nitrogens is 4. The zero-order chi connectivity index (χ0) is 12.3. The molecule has 2 aromatic heterocycles. The lowest BCUT2D eigenvalue weighted by molar-refractivity contribution is 0.948. The Kier molecular flexibility index (Phi) is 3.32. The van der Waals surface area contributed by atoms with Gasteiger partial charge in [-0.25, -0.2) is 5.10 Å². The van der Waals surface area contributed by atoms with Crippen LogP contribution in [0, 0.1) is 6.92 Å². The van der Waals surface area contributed by atoms with Crippen LogP contribution in [0.2, 0.25) is 0 Å². The minimum atomic E-state index is 0.684. The smallest absolute Gasteiger partial charge is 0.245 e. The van der Waals surface area contributed by atoms with E-state index in [0.29, 0.717) is 11.9 Å². The number of hydrogen-bond acceptors (Lipinski definition) is 4. The maximum absolute atomic E-state index is 4.28. The highest BCUT2D eigenvalue weighted by Gasteiger charge is 2.03. The molecular weight excluding hydrogens is 216 g/mol. The average molecular weight is 234 g/mol. The Morgan fingerprint density at radius 2 is 2.18 bits per heavy atom. The first-order chi connectivity index (χ1) is 8.15. The highest BCUT2D eigenvalue weighted by molar-refractivity contribution is 5.34. The van der Waals surface area contributed by atoms with Crippen LogP contribution in [0.3, 0.4) is 0 Å². The van der Waals surface area contributed by atoms with Gasteiger partial charge < -0.3 is 15.2 Å². The van der Waals surface area contributed by atoms with Crippen molar-refractivity contribution < 1.29 is 0 Å². The van der Waals surface area contributed by atoms with Crippen LogP contribution in [-0.4, -0.2) is 40.8 Å². The molecular formula is C11H18N6. The quantitative estimate of drug-likeness (QED) is 0.726. The lowest BCUT2D eigenvalue weighted by Gasteiger charge is -2.04. The Bertz CT molecular complexity index is 470. The van der Waals surface area contributed by atoms with Crippen LogP contribution < -0.4 is 10.2 Å². The lowest BCUT2D eigenvalue weighted by Crippen LogP contribution is -2.10. The van der Waals surface area contributed by atoms with E-state index in [-0.39, 0.29) is 0 Å². The average Bonchev–Trinajstić information content (AvgIpc) is 2.88. The summed E-state index contributed by atoms with van der Waals surface area (Å²) in [4.78, 5) is 9.43. The zero-order valence-corrected chi connectivity index (χ0v) is 10.4. The maximum Gasteiger partial charge on any atom is 0.245 e. The van der Waals surface area contributed by atoms with Crippen LogP contribution in [0.5, 0.6) is 0 Å². The van der Waals surface area contributed by atoms with E-state index in [0.717, 1.165) is 13.0 Å². The van der Waals surface area contributed by atoms with Gasteiger partial charge in [-0.05, 0) is 19.1 Å². The Morgan fingerprint density at radius 3 is 2.76 bits per heavy atom. The van der Waals surface area contributed by atoms with Crippen molar-refractivity contribution in [2.75, 3.05) is 30.9 Å². The molecule has 0 radical (unpaired) electrons. The van der Waals surface area contributed by atoms with E-state index < -0.39 is 0 Å². The fourth-order valence-corrected chi connectivity index (χ4v) is 1.56. The summed E-state index contributed by atoms with van der Waals surface area (Å²) in [5.41, 5.74) is 2.41. The molecule has 0 aliphatic rings. The Hall–Kier alpha value is -1.98. The molecule has 3 N–H and O–H groups in total. The van der Waals surface area contributed by atoms with Crippen LogP contribution in [0.1, 0.15) is 11.4 Å². The first-order valence-electron chi connectivity index (χ1n) is 5.63. The van der Waals surface area contributed by atoms with E-state index in [1.165, 1.54) is 11.4 Å². The van der Waals surface area contributed by atoms with E-state index >= 15 is 0 Å². The van der Waals surface area contributed by atoms with Gasteiger partial charge in [-0.1, -0.05) is 0 Å². The van der Waals surface area contributed by atoms with Crippen LogP contribution in [0.25, 0.3) is 0 Å². The molecule has 2 aromatic rings. The van der Waals surface area contributed by atoms with Crippen LogP contribution in [-0.2, 0) is 6.42 Å². The molecule has 92 valence electrons. The largest absolute Gasteiger partial charge is 0.362 e. The van der Waals surface area contributed by atoms with Crippen molar-refractivity contribution in [3.63, 3.8) is 0 Å². The molecule has 0 aromatic carbocycles. The third kappa shape index (κ3) is 2.99. The standard InChI is InChI=1S/C11H18N6/c1-8-4-5-9(13-8)6-7-12-10-14-11(16-15-10)17(2)3/h4-5,13H,6-7H2,1-3H3,(H2,12,14,15,16). The zero-order valence-electron chi connectivity index (χ0n) is 10.4. The summed E-state index contributed by atoms with van der Waals surface area (Å²) >= 11 is 0. The number of rotatable bonds is 5. The second-order valence-corrected chi connectivity index (χ2v) is 4.22. The van der Waals surface area contributed by atoms with E-state index in [4.69, 9.17) is 0 Å². The van der Waals surface area contributed by atoms with Crippen molar-refractivity contribution >= 4 is 11.9 Å². The summed E-state index contributed by atoms with van der Waals surface area (Å²) in [6.45, 7) is 2.87. The van der Waals surface area contributed by atoms with Gasteiger partial charge in [0.2, 0.25) is 11.9 Å². The normalized spacial score (nSPS) is 10.5. The number of nitrogens with zero attached hydrogens (tertiary/aromatic N) is 3. The highest BCUT2D eigenvalue weighted by atomic mass is 15.4. The van der Waals surface area contributed by atoms with Crippen molar-refractivity contribution in [1.82, 2.24) is 20.2 Å². The van der Waals surface area contributed by atoms with Crippen molar-refractivity contribution in [1.29, 1.82) is 0 Å². The number of hydrogen-bond donors (Lipinski definition) is 3. The third-order valence-corrected chi connectivity index (χ3v) is 2.45. The molecule has 0 amide bonds. The van der Waals surface area contributed by atoms with Gasteiger partial charge in [0.1, 0.15) is 0 Å². The van der Waals surface area contributed by atoms with Gasteiger partial charge >= 0.3 is 0 Å². The van der Waals surface area contributed by atoms with E-state index in [2.05, 4.69) is 44.5 Å². The van der Waals surface area contributed by atoms with Gasteiger partial charge in [0.15, 0.2) is 0 Å². The van der Waals surface area contributed by atoms with E-state index in [1.807, 2.05) is 19.0 Å². The second-order valence-electron chi connectivity index (χ2n) is 4.22. The Balaban J connectivity index is 1.81. The summed E-state index contributed by atoms with van der Waals surface area (Å²) in [5.74, 6) is 1.39. The van der Waals surface area contributed by atoms with Crippen LogP contribution in [0.4, 0.5) is 11.9 Å². The van der Waals surface area contributed by atoms with Gasteiger partial charge in [-0.15, -0.1) is 5.10 Å². The highest BCUT2D eigenvalue weighted by Crippen LogP contribution is 2.06. The van der Waals surface area contributed by atoms with Crippen molar-refractivity contribution in [3.8, 4) is 0 Å². The lowest BCUT2D eigenvalue weighted by atomic mass is 10.3. The van der Waals surface area contributed by atoms with Gasteiger partial charge in [0, 0.05) is 38.4 Å². The maximum atomic E-state index is 4.28. The molecule has 0 bridgehead atoms. The van der Waals surface area contributed by atoms with Gasteiger partial charge in [0.25, 0.3) is 0 Å². The van der Waals surface area contributed by atoms with Crippen molar-refractivity contribution in [2.24, 2.45) is 0 Å². The molecule has 17 heavy (non-hydrogen) atoms. The number of aryl methyl sites for hydroxylation is 1. The van der Waals surface area contributed by atoms with Crippen LogP contribution >= 0.6 is 0 Å². The predicted octanol–water partition coefficient (Wildman–Crippen LogP) is 1.16. The molecule has 0 atom stereocenters. The molecule has 2 rings (SSSR count). The summed E-state index contributed by atoms with van der Waals surface area (Å²) < 4.78 is 0. The van der Waals surface area contributed by atoms with Crippen molar-refractivity contribution in [3.05, 3.63) is 23.5 Å². The van der Waals surface area contributed by atoms with Gasteiger partial charge in [0.05, 0.1) is 0 Å². The topological polar surface area (TPSA) is 72.6 Å². The van der Waals surface area contributed by atoms with Crippen LogP contribution in [0.15, 0.2) is 12.1 Å². The molecule has 0 aliphatic heterocycles. The molecule has 0 saturated carbocycles. The fourth-order valence-electron chi connectivity index (χ4n) is 1.56. The number of H-pyrrole nitrogens is 2.